The zero-order valence-electron chi connectivity index (χ0n) is 12.9. The summed E-state index contributed by atoms with van der Waals surface area (Å²) in [6.45, 7) is 2.95. The van der Waals surface area contributed by atoms with E-state index >= 15 is 0 Å². The van der Waals surface area contributed by atoms with Crippen LogP contribution in [0.5, 0.6) is 0 Å². The van der Waals surface area contributed by atoms with Crippen LogP contribution in [0.1, 0.15) is 30.5 Å². The molecular formula is C19H23NO2. The third-order valence-electron chi connectivity index (χ3n) is 4.54. The Bertz CT molecular complexity index is 597. The molecule has 2 aromatic carbocycles. The van der Waals surface area contributed by atoms with Crippen molar-refractivity contribution in [1.82, 2.24) is 4.90 Å². The molecule has 1 aliphatic heterocycles. The summed E-state index contributed by atoms with van der Waals surface area (Å²) in [6.07, 6.45) is -0.158. The van der Waals surface area contributed by atoms with E-state index in [4.69, 9.17) is 0 Å². The minimum Gasteiger partial charge on any atom is -0.390 e. The molecule has 0 aromatic heterocycles. The van der Waals surface area contributed by atoms with Crippen molar-refractivity contribution in [2.24, 2.45) is 0 Å². The Morgan fingerprint density at radius 2 is 1.64 bits per heavy atom. The molecule has 2 N–H and O–H groups in total. The maximum Gasteiger partial charge on any atom is 0.100 e. The minimum atomic E-state index is -1.07. The Hall–Kier alpha value is -1.68. The monoisotopic (exact) mass is 297 g/mol. The lowest BCUT2D eigenvalue weighted by Gasteiger charge is -2.46. The summed E-state index contributed by atoms with van der Waals surface area (Å²) in [5.74, 6) is 0. The molecule has 0 bridgehead atoms. The van der Waals surface area contributed by atoms with Crippen LogP contribution in [0.25, 0.3) is 0 Å². The molecule has 1 fully saturated rings. The predicted molar refractivity (Wildman–Crippen MR) is 87.3 cm³/mol. The molecule has 0 amide bonds. The fourth-order valence-corrected chi connectivity index (χ4v) is 3.25. The molecule has 3 heteroatoms. The van der Waals surface area contributed by atoms with Gasteiger partial charge in [-0.3, -0.25) is 4.90 Å². The lowest BCUT2D eigenvalue weighted by atomic mass is 9.84. The average molecular weight is 297 g/mol. The predicted octanol–water partition coefficient (Wildman–Crippen LogP) is 2.75. The summed E-state index contributed by atoms with van der Waals surface area (Å²) < 4.78 is 0. The Balaban J connectivity index is 1.88. The van der Waals surface area contributed by atoms with Gasteiger partial charge in [-0.2, -0.15) is 0 Å². The lowest BCUT2D eigenvalue weighted by Crippen LogP contribution is -2.55. The molecule has 3 atom stereocenters. The standard InChI is InChI=1S/C19H23NO2/c1-19(22)14-20(13-15-8-4-2-5-9-15)17(12-18(19)21)16-10-6-3-7-11-16/h2-11,17-18,21-22H,12-14H2,1H3. The van der Waals surface area contributed by atoms with Gasteiger partial charge in [0.05, 0.1) is 6.10 Å². The molecule has 3 unspecified atom stereocenters. The van der Waals surface area contributed by atoms with Gasteiger partial charge >= 0.3 is 0 Å². The Labute approximate surface area is 131 Å². The van der Waals surface area contributed by atoms with E-state index < -0.39 is 11.7 Å². The molecule has 1 heterocycles. The summed E-state index contributed by atoms with van der Waals surface area (Å²) in [5, 5.41) is 20.7. The number of rotatable bonds is 3. The van der Waals surface area contributed by atoms with E-state index in [-0.39, 0.29) is 6.04 Å². The number of hydrogen-bond acceptors (Lipinski definition) is 3. The Kier molecular flexibility index (Phi) is 4.30. The first-order valence-electron chi connectivity index (χ1n) is 7.79. The van der Waals surface area contributed by atoms with Crippen LogP contribution in [0.15, 0.2) is 60.7 Å². The fraction of sp³-hybridized carbons (Fsp3) is 0.368. The second-order valence-corrected chi connectivity index (χ2v) is 6.43. The van der Waals surface area contributed by atoms with Crippen LogP contribution in [-0.4, -0.2) is 33.4 Å². The number of piperidine rings is 1. The number of hydrogen-bond donors (Lipinski definition) is 2. The molecule has 0 aliphatic carbocycles. The van der Waals surface area contributed by atoms with Gasteiger partial charge in [0.25, 0.3) is 0 Å². The van der Waals surface area contributed by atoms with E-state index in [1.54, 1.807) is 6.92 Å². The Morgan fingerprint density at radius 3 is 2.27 bits per heavy atom. The van der Waals surface area contributed by atoms with Crippen molar-refractivity contribution in [1.29, 1.82) is 0 Å². The van der Waals surface area contributed by atoms with Gasteiger partial charge in [0.1, 0.15) is 5.60 Å². The highest BCUT2D eigenvalue weighted by molar-refractivity contribution is 5.22. The summed E-state index contributed by atoms with van der Waals surface area (Å²) in [4.78, 5) is 2.26. The van der Waals surface area contributed by atoms with Crippen LogP contribution >= 0.6 is 0 Å². The second kappa shape index (κ2) is 6.21. The number of nitrogens with zero attached hydrogens (tertiary/aromatic N) is 1. The summed E-state index contributed by atoms with van der Waals surface area (Å²) in [7, 11) is 0. The first-order valence-corrected chi connectivity index (χ1v) is 7.79. The van der Waals surface area contributed by atoms with E-state index in [1.165, 1.54) is 11.1 Å². The molecule has 3 rings (SSSR count). The Morgan fingerprint density at radius 1 is 1.05 bits per heavy atom. The van der Waals surface area contributed by atoms with Crippen molar-refractivity contribution in [2.45, 2.75) is 37.6 Å². The number of likely N-dealkylation sites (tertiary alicyclic amines) is 1. The smallest absolute Gasteiger partial charge is 0.100 e. The second-order valence-electron chi connectivity index (χ2n) is 6.43. The van der Waals surface area contributed by atoms with Gasteiger partial charge in [-0.15, -0.1) is 0 Å². The maximum atomic E-state index is 10.5. The number of benzene rings is 2. The number of aliphatic hydroxyl groups is 2. The van der Waals surface area contributed by atoms with Crippen molar-refractivity contribution in [3.63, 3.8) is 0 Å². The minimum absolute atomic E-state index is 0.122. The van der Waals surface area contributed by atoms with Gasteiger partial charge < -0.3 is 10.2 Å². The van der Waals surface area contributed by atoms with E-state index in [1.807, 2.05) is 36.4 Å². The van der Waals surface area contributed by atoms with Crippen LogP contribution in [0.3, 0.4) is 0 Å². The van der Waals surface area contributed by atoms with E-state index in [0.717, 1.165) is 6.54 Å². The molecule has 2 aromatic rings. The van der Waals surface area contributed by atoms with E-state index in [0.29, 0.717) is 13.0 Å². The zero-order chi connectivity index (χ0) is 15.6. The molecule has 3 nitrogen and oxygen atoms in total. The first kappa shape index (κ1) is 15.2. The van der Waals surface area contributed by atoms with Crippen molar-refractivity contribution in [3.8, 4) is 0 Å². The van der Waals surface area contributed by atoms with Gasteiger partial charge in [-0.05, 0) is 24.5 Å². The van der Waals surface area contributed by atoms with Crippen molar-refractivity contribution < 1.29 is 10.2 Å². The maximum absolute atomic E-state index is 10.5. The fourth-order valence-electron chi connectivity index (χ4n) is 3.25. The van der Waals surface area contributed by atoms with Gasteiger partial charge in [0.2, 0.25) is 0 Å². The zero-order valence-corrected chi connectivity index (χ0v) is 12.9. The number of β-amino-alcohol motifs (C(OH)–C–C–N with tert-alkyl or cyclic N) is 1. The summed E-state index contributed by atoms with van der Waals surface area (Å²) in [6, 6.07) is 20.6. The van der Waals surface area contributed by atoms with Crippen molar-refractivity contribution in [2.75, 3.05) is 6.54 Å². The number of aliphatic hydroxyl groups excluding tert-OH is 1. The summed E-state index contributed by atoms with van der Waals surface area (Å²) >= 11 is 0. The highest BCUT2D eigenvalue weighted by atomic mass is 16.3. The third kappa shape index (κ3) is 3.22. The summed E-state index contributed by atoms with van der Waals surface area (Å²) in [5.41, 5.74) is 1.34. The third-order valence-corrected chi connectivity index (χ3v) is 4.54. The highest BCUT2D eigenvalue weighted by Crippen LogP contribution is 2.36. The molecule has 1 saturated heterocycles. The van der Waals surface area contributed by atoms with Crippen molar-refractivity contribution >= 4 is 0 Å². The topological polar surface area (TPSA) is 43.7 Å². The lowest BCUT2D eigenvalue weighted by molar-refractivity contribution is -0.129. The van der Waals surface area contributed by atoms with Crippen LogP contribution in [0.4, 0.5) is 0 Å². The van der Waals surface area contributed by atoms with Gasteiger partial charge in [0.15, 0.2) is 0 Å². The molecule has 0 spiro atoms. The van der Waals surface area contributed by atoms with E-state index in [2.05, 4.69) is 29.2 Å². The molecule has 22 heavy (non-hydrogen) atoms. The van der Waals surface area contributed by atoms with E-state index in [9.17, 15) is 10.2 Å². The molecule has 1 aliphatic rings. The quantitative estimate of drug-likeness (QED) is 0.915. The normalized spacial score (nSPS) is 29.4. The van der Waals surface area contributed by atoms with Crippen LogP contribution < -0.4 is 0 Å². The molecule has 116 valence electrons. The van der Waals surface area contributed by atoms with Crippen molar-refractivity contribution in [3.05, 3.63) is 71.8 Å². The van der Waals surface area contributed by atoms with Gasteiger partial charge in [-0.1, -0.05) is 60.7 Å². The largest absolute Gasteiger partial charge is 0.390 e. The first-order chi connectivity index (χ1) is 10.6. The molecule has 0 saturated carbocycles. The van der Waals surface area contributed by atoms with Gasteiger partial charge in [0, 0.05) is 19.1 Å². The van der Waals surface area contributed by atoms with Crippen LogP contribution in [0, 0.1) is 0 Å². The molecular weight excluding hydrogens is 274 g/mol. The van der Waals surface area contributed by atoms with Gasteiger partial charge in [-0.25, -0.2) is 0 Å². The highest BCUT2D eigenvalue weighted by Gasteiger charge is 2.42. The average Bonchev–Trinajstić information content (AvgIpc) is 2.52. The SMILES string of the molecule is CC1(O)CN(Cc2ccccc2)C(c2ccccc2)CC1O. The van der Waals surface area contributed by atoms with Crippen LogP contribution in [-0.2, 0) is 6.54 Å². The molecule has 0 radical (unpaired) electrons. The van der Waals surface area contributed by atoms with Crippen LogP contribution in [0.2, 0.25) is 0 Å².